The Kier molecular flexibility index (Phi) is 5.45. The van der Waals surface area contributed by atoms with Gasteiger partial charge in [-0.1, -0.05) is 0 Å². The highest BCUT2D eigenvalue weighted by Gasteiger charge is 2.15. The van der Waals surface area contributed by atoms with E-state index in [0.717, 1.165) is 17.1 Å². The number of likely N-dealkylation sites (N-methyl/N-ethyl adjacent to an activating group) is 1. The third kappa shape index (κ3) is 4.28. The number of rotatable bonds is 6. The number of nitrogens with zero attached hydrogens (tertiary/aromatic N) is 2. The largest absolute Gasteiger partial charge is 0.467 e. The van der Waals surface area contributed by atoms with Gasteiger partial charge in [-0.05, 0) is 62.4 Å². The fourth-order valence-corrected chi connectivity index (χ4v) is 2.99. The van der Waals surface area contributed by atoms with Crippen molar-refractivity contribution in [3.63, 3.8) is 0 Å². The second-order valence-corrected chi connectivity index (χ2v) is 6.52. The molecular formula is C21H23N3O3. The summed E-state index contributed by atoms with van der Waals surface area (Å²) >= 11 is 0. The molecule has 0 saturated carbocycles. The predicted octanol–water partition coefficient (Wildman–Crippen LogP) is 3.08. The number of aromatic nitrogens is 1. The topological polar surface area (TPSA) is 67.5 Å². The molecule has 140 valence electrons. The van der Waals surface area contributed by atoms with Gasteiger partial charge in [0.15, 0.2) is 0 Å². The SMILES string of the molecule is Cc1ccc(C)n1-c1ccc(C(=O)N(C)CC(=O)NCc2ccco2)cc1. The molecular weight excluding hydrogens is 342 g/mol. The third-order valence-electron chi connectivity index (χ3n) is 4.41. The predicted molar refractivity (Wildman–Crippen MR) is 103 cm³/mol. The minimum atomic E-state index is -0.238. The Morgan fingerprint density at radius 3 is 2.30 bits per heavy atom. The number of carbonyl (C=O) groups excluding carboxylic acids is 2. The Morgan fingerprint density at radius 1 is 1.04 bits per heavy atom. The Morgan fingerprint density at radius 2 is 1.70 bits per heavy atom. The van der Waals surface area contributed by atoms with E-state index in [1.165, 1.54) is 4.90 Å². The Balaban J connectivity index is 1.60. The number of aryl methyl sites for hydroxylation is 2. The quantitative estimate of drug-likeness (QED) is 0.730. The average Bonchev–Trinajstić information content (AvgIpc) is 3.29. The van der Waals surface area contributed by atoms with Crippen LogP contribution in [0.15, 0.2) is 59.2 Å². The first-order chi connectivity index (χ1) is 13.0. The summed E-state index contributed by atoms with van der Waals surface area (Å²) in [5, 5.41) is 2.73. The summed E-state index contributed by atoms with van der Waals surface area (Å²) in [5.41, 5.74) is 3.82. The zero-order chi connectivity index (χ0) is 19.4. The van der Waals surface area contributed by atoms with E-state index in [1.807, 2.05) is 26.0 Å². The van der Waals surface area contributed by atoms with E-state index in [2.05, 4.69) is 22.0 Å². The molecule has 2 heterocycles. The highest BCUT2D eigenvalue weighted by Crippen LogP contribution is 2.17. The zero-order valence-corrected chi connectivity index (χ0v) is 15.7. The first kappa shape index (κ1) is 18.5. The molecule has 0 unspecified atom stereocenters. The maximum atomic E-state index is 12.6. The molecule has 0 aliphatic heterocycles. The van der Waals surface area contributed by atoms with Crippen LogP contribution in [0.3, 0.4) is 0 Å². The minimum Gasteiger partial charge on any atom is -0.467 e. The molecule has 0 saturated heterocycles. The van der Waals surface area contributed by atoms with Gasteiger partial charge in [-0.3, -0.25) is 9.59 Å². The van der Waals surface area contributed by atoms with Crippen molar-refractivity contribution >= 4 is 11.8 Å². The molecule has 2 aromatic heterocycles. The molecule has 6 heteroatoms. The second-order valence-electron chi connectivity index (χ2n) is 6.52. The number of amides is 2. The Bertz CT molecular complexity index is 905. The van der Waals surface area contributed by atoms with Crippen LogP contribution in [-0.2, 0) is 11.3 Å². The molecule has 0 aliphatic rings. The number of hydrogen-bond donors (Lipinski definition) is 1. The second kappa shape index (κ2) is 7.95. The Labute approximate surface area is 158 Å². The lowest BCUT2D eigenvalue weighted by atomic mass is 10.1. The van der Waals surface area contributed by atoms with Crippen LogP contribution >= 0.6 is 0 Å². The first-order valence-corrected chi connectivity index (χ1v) is 8.75. The third-order valence-corrected chi connectivity index (χ3v) is 4.41. The molecule has 0 bridgehead atoms. The van der Waals surface area contributed by atoms with Gasteiger partial charge in [-0.15, -0.1) is 0 Å². The summed E-state index contributed by atoms with van der Waals surface area (Å²) in [5.74, 6) is 0.233. The van der Waals surface area contributed by atoms with Gasteiger partial charge in [0.25, 0.3) is 5.91 Å². The van der Waals surface area contributed by atoms with E-state index in [0.29, 0.717) is 17.9 Å². The molecule has 1 N–H and O–H groups in total. The van der Waals surface area contributed by atoms with Crippen molar-refractivity contribution in [1.82, 2.24) is 14.8 Å². The van der Waals surface area contributed by atoms with E-state index in [1.54, 1.807) is 37.6 Å². The van der Waals surface area contributed by atoms with Crippen molar-refractivity contribution in [3.05, 3.63) is 77.5 Å². The lowest BCUT2D eigenvalue weighted by Gasteiger charge is -2.17. The average molecular weight is 365 g/mol. The maximum absolute atomic E-state index is 12.6. The number of nitrogens with one attached hydrogen (secondary N) is 1. The maximum Gasteiger partial charge on any atom is 0.254 e. The molecule has 0 atom stereocenters. The van der Waals surface area contributed by atoms with Gasteiger partial charge < -0.3 is 19.2 Å². The molecule has 3 rings (SSSR count). The summed E-state index contributed by atoms with van der Waals surface area (Å²) in [6.07, 6.45) is 1.55. The van der Waals surface area contributed by atoms with Gasteiger partial charge in [0.2, 0.25) is 5.91 Å². The summed E-state index contributed by atoms with van der Waals surface area (Å²) in [7, 11) is 1.61. The first-order valence-electron chi connectivity index (χ1n) is 8.75. The van der Waals surface area contributed by atoms with Crippen LogP contribution in [0, 0.1) is 13.8 Å². The summed E-state index contributed by atoms with van der Waals surface area (Å²) in [6, 6.07) is 15.1. The summed E-state index contributed by atoms with van der Waals surface area (Å²) in [6.45, 7) is 4.37. The van der Waals surface area contributed by atoms with Crippen LogP contribution < -0.4 is 5.32 Å². The van der Waals surface area contributed by atoms with Crippen LogP contribution in [0.4, 0.5) is 0 Å². The van der Waals surface area contributed by atoms with Crippen LogP contribution in [0.25, 0.3) is 5.69 Å². The lowest BCUT2D eigenvalue weighted by Crippen LogP contribution is -2.38. The molecule has 6 nitrogen and oxygen atoms in total. The monoisotopic (exact) mass is 365 g/mol. The van der Waals surface area contributed by atoms with Crippen LogP contribution in [-0.4, -0.2) is 34.9 Å². The molecule has 1 aromatic carbocycles. The van der Waals surface area contributed by atoms with Crippen molar-refractivity contribution < 1.29 is 14.0 Å². The van der Waals surface area contributed by atoms with E-state index in [4.69, 9.17) is 4.42 Å². The van der Waals surface area contributed by atoms with Crippen LogP contribution in [0.1, 0.15) is 27.5 Å². The molecule has 0 radical (unpaired) electrons. The van der Waals surface area contributed by atoms with Crippen molar-refractivity contribution in [3.8, 4) is 5.69 Å². The molecule has 0 aliphatic carbocycles. The number of hydrogen-bond acceptors (Lipinski definition) is 3. The van der Waals surface area contributed by atoms with Crippen molar-refractivity contribution in [2.24, 2.45) is 0 Å². The molecule has 2 amide bonds. The van der Waals surface area contributed by atoms with Gasteiger partial charge >= 0.3 is 0 Å². The van der Waals surface area contributed by atoms with Gasteiger partial charge in [0, 0.05) is 29.7 Å². The van der Waals surface area contributed by atoms with Gasteiger partial charge in [-0.25, -0.2) is 0 Å². The molecule has 27 heavy (non-hydrogen) atoms. The van der Waals surface area contributed by atoms with Gasteiger partial charge in [0.05, 0.1) is 19.4 Å². The standard InChI is InChI=1S/C21H23N3O3/c1-15-6-7-16(2)24(15)18-10-8-17(9-11-18)21(26)23(3)14-20(25)22-13-19-5-4-12-27-19/h4-12H,13-14H2,1-3H3,(H,22,25). The van der Waals surface area contributed by atoms with Crippen LogP contribution in [0.5, 0.6) is 0 Å². The van der Waals surface area contributed by atoms with E-state index >= 15 is 0 Å². The van der Waals surface area contributed by atoms with Gasteiger partial charge in [0.1, 0.15) is 5.76 Å². The fourth-order valence-electron chi connectivity index (χ4n) is 2.99. The molecule has 0 fully saturated rings. The van der Waals surface area contributed by atoms with Crippen molar-refractivity contribution in [1.29, 1.82) is 0 Å². The number of benzene rings is 1. The van der Waals surface area contributed by atoms with Crippen molar-refractivity contribution in [2.75, 3.05) is 13.6 Å². The van der Waals surface area contributed by atoms with Crippen molar-refractivity contribution in [2.45, 2.75) is 20.4 Å². The zero-order valence-electron chi connectivity index (χ0n) is 15.7. The van der Waals surface area contributed by atoms with Crippen LogP contribution in [0.2, 0.25) is 0 Å². The van der Waals surface area contributed by atoms with E-state index in [9.17, 15) is 9.59 Å². The molecule has 3 aromatic rings. The summed E-state index contributed by atoms with van der Waals surface area (Å²) < 4.78 is 7.29. The minimum absolute atomic E-state index is 0.0168. The Hall–Kier alpha value is -3.28. The van der Waals surface area contributed by atoms with Gasteiger partial charge in [-0.2, -0.15) is 0 Å². The van der Waals surface area contributed by atoms with E-state index in [-0.39, 0.29) is 18.4 Å². The lowest BCUT2D eigenvalue weighted by molar-refractivity contribution is -0.121. The highest BCUT2D eigenvalue weighted by molar-refractivity contribution is 5.96. The normalized spacial score (nSPS) is 10.6. The number of furan rings is 1. The highest BCUT2D eigenvalue weighted by atomic mass is 16.3. The molecule has 0 spiro atoms. The smallest absolute Gasteiger partial charge is 0.254 e. The number of carbonyl (C=O) groups is 2. The van der Waals surface area contributed by atoms with E-state index < -0.39 is 0 Å². The fraction of sp³-hybridized carbons (Fsp3) is 0.238. The summed E-state index contributed by atoms with van der Waals surface area (Å²) in [4.78, 5) is 26.0.